The number of nitrogens with zero attached hydrogens (tertiary/aromatic N) is 1. The predicted octanol–water partition coefficient (Wildman–Crippen LogP) is 9.06. The molecule has 5 aromatic rings. The third kappa shape index (κ3) is 9.93. The third-order valence-corrected chi connectivity index (χ3v) is 11.4. The Kier molecular flexibility index (Phi) is 12.8. The van der Waals surface area contributed by atoms with E-state index in [2.05, 4.69) is 60.7 Å². The summed E-state index contributed by atoms with van der Waals surface area (Å²) in [6, 6.07) is 35.2. The number of ether oxygens (including phenoxy) is 3. The molecule has 10 nitrogen and oxygen atoms in total. The molecule has 0 saturated carbocycles. The number of esters is 1. The summed E-state index contributed by atoms with van der Waals surface area (Å²) in [7, 11) is 0. The molecule has 60 heavy (non-hydrogen) atoms. The van der Waals surface area contributed by atoms with Crippen LogP contribution in [-0.4, -0.2) is 52.6 Å². The Bertz CT molecular complexity index is 2320. The van der Waals surface area contributed by atoms with E-state index in [1.54, 1.807) is 32.9 Å². The zero-order valence-electron chi connectivity index (χ0n) is 34.7. The van der Waals surface area contributed by atoms with Crippen molar-refractivity contribution in [3.05, 3.63) is 143 Å². The number of nitrogens with two attached hydrogens (primary N) is 2. The Morgan fingerprint density at radius 2 is 1.53 bits per heavy atom. The number of hydrogen-bond donors (Lipinski definition) is 3. The van der Waals surface area contributed by atoms with Gasteiger partial charge in [-0.25, -0.2) is 0 Å². The molecule has 3 atom stereocenters. The summed E-state index contributed by atoms with van der Waals surface area (Å²) in [4.78, 5) is 39.6. The number of carbonyl (C=O) groups excluding carboxylic acids is 3. The van der Waals surface area contributed by atoms with Gasteiger partial charge in [0.2, 0.25) is 5.91 Å². The molecule has 5 N–H and O–H groups in total. The highest BCUT2D eigenvalue weighted by Gasteiger charge is 2.36. The van der Waals surface area contributed by atoms with Gasteiger partial charge in [0.05, 0.1) is 18.9 Å². The quantitative estimate of drug-likeness (QED) is 0.0507. The normalized spacial score (nSPS) is 16.4. The number of rotatable bonds is 16. The molecule has 0 radical (unpaired) electrons. The first kappa shape index (κ1) is 41.9. The zero-order valence-corrected chi connectivity index (χ0v) is 34.7. The van der Waals surface area contributed by atoms with Gasteiger partial charge in [0.25, 0.3) is 5.91 Å². The molecule has 0 bridgehead atoms. The fourth-order valence-electron chi connectivity index (χ4n) is 8.51. The van der Waals surface area contributed by atoms with E-state index in [-0.39, 0.29) is 31.2 Å². The number of anilines is 1. The summed E-state index contributed by atoms with van der Waals surface area (Å²) in [5.41, 5.74) is 20.0. The Morgan fingerprint density at radius 3 is 2.27 bits per heavy atom. The first-order valence-corrected chi connectivity index (χ1v) is 20.9. The van der Waals surface area contributed by atoms with Crippen molar-refractivity contribution in [3.8, 4) is 28.4 Å². The fourth-order valence-corrected chi connectivity index (χ4v) is 8.51. The molecule has 10 heteroatoms. The molecule has 312 valence electrons. The molecule has 2 aliphatic rings. The first-order valence-electron chi connectivity index (χ1n) is 20.9. The molecular formula is C50H55N3O7. The number of nitrogen functional groups attached to an aromatic ring is 1. The van der Waals surface area contributed by atoms with Gasteiger partial charge in [-0.2, -0.15) is 0 Å². The van der Waals surface area contributed by atoms with Crippen LogP contribution in [0.4, 0.5) is 5.69 Å². The number of primary amides is 1. The third-order valence-electron chi connectivity index (χ3n) is 11.4. The van der Waals surface area contributed by atoms with Gasteiger partial charge in [-0.05, 0) is 153 Å². The molecule has 7 rings (SSSR count). The number of aryl methyl sites for hydroxylation is 1. The number of hydrogen-bond acceptors (Lipinski definition) is 8. The number of phenols is 1. The van der Waals surface area contributed by atoms with Crippen LogP contribution in [0.5, 0.6) is 17.2 Å². The maximum absolute atomic E-state index is 13.4. The highest BCUT2D eigenvalue weighted by atomic mass is 16.6. The van der Waals surface area contributed by atoms with Gasteiger partial charge in [-0.15, -0.1) is 0 Å². The van der Waals surface area contributed by atoms with E-state index in [9.17, 15) is 19.5 Å². The maximum atomic E-state index is 13.4. The average Bonchev–Trinajstić information content (AvgIpc) is 3.55. The highest BCUT2D eigenvalue weighted by molar-refractivity contribution is 6.01. The van der Waals surface area contributed by atoms with E-state index in [1.807, 2.05) is 36.4 Å². The Hall–Kier alpha value is -6.29. The van der Waals surface area contributed by atoms with Gasteiger partial charge in [-0.3, -0.25) is 14.4 Å². The summed E-state index contributed by atoms with van der Waals surface area (Å²) >= 11 is 0. The second kappa shape index (κ2) is 18.3. The zero-order chi connectivity index (χ0) is 42.4. The van der Waals surface area contributed by atoms with Crippen LogP contribution in [0.25, 0.3) is 11.1 Å². The van der Waals surface area contributed by atoms with Crippen molar-refractivity contribution in [3.63, 3.8) is 0 Å². The van der Waals surface area contributed by atoms with Crippen molar-refractivity contribution in [2.45, 2.75) is 95.7 Å². The number of fused-ring (bicyclic) bond motifs is 2. The number of phenolic OH excluding ortho intramolecular Hbond substituents is 1. The van der Waals surface area contributed by atoms with E-state index in [0.29, 0.717) is 41.9 Å². The molecule has 0 saturated heterocycles. The summed E-state index contributed by atoms with van der Waals surface area (Å²) in [5.74, 6) is 0.874. The lowest BCUT2D eigenvalue weighted by Crippen LogP contribution is -2.45. The van der Waals surface area contributed by atoms with Gasteiger partial charge in [0.1, 0.15) is 28.9 Å². The standard InChI is InChI=1S/C50H55N3O7/c1-50(2,3)60-46(55)25-24-44(48(52)56)53-31-37-28-34(14-21-42(37)49(53)57)35-16-23-43(51)45(30-35)59-27-9-5-8-26-58-39-18-12-33(13-19-39)47-40(32-10-6-4-7-11-32)20-15-36-29-38(54)17-22-41(36)47/h4,6-7,10-14,16-19,21-23,28-30,40,44,47,54H,5,8-9,15,20,24-27,31,51H2,1-3H3,(H2,52,56)/t40?,44-,47?/m0/s1. The van der Waals surface area contributed by atoms with Crippen LogP contribution in [0, 0.1) is 0 Å². The van der Waals surface area contributed by atoms with E-state index in [4.69, 9.17) is 25.7 Å². The van der Waals surface area contributed by atoms with E-state index in [1.165, 1.54) is 27.2 Å². The van der Waals surface area contributed by atoms with Gasteiger partial charge >= 0.3 is 5.97 Å². The number of carbonyl (C=O) groups is 3. The summed E-state index contributed by atoms with van der Waals surface area (Å²) in [5, 5.41) is 10.2. The molecule has 2 amide bonds. The molecule has 1 heterocycles. The molecule has 5 aromatic carbocycles. The summed E-state index contributed by atoms with van der Waals surface area (Å²) in [6.45, 7) is 6.62. The molecule has 0 aromatic heterocycles. The Labute approximate surface area is 352 Å². The van der Waals surface area contributed by atoms with Crippen LogP contribution >= 0.6 is 0 Å². The maximum Gasteiger partial charge on any atom is 0.306 e. The van der Waals surface area contributed by atoms with Crippen molar-refractivity contribution in [1.29, 1.82) is 0 Å². The lowest BCUT2D eigenvalue weighted by molar-refractivity contribution is -0.155. The van der Waals surface area contributed by atoms with Crippen molar-refractivity contribution in [2.24, 2.45) is 5.73 Å². The van der Waals surface area contributed by atoms with Crippen LogP contribution in [-0.2, 0) is 27.3 Å². The lowest BCUT2D eigenvalue weighted by Gasteiger charge is -2.34. The number of unbranched alkanes of at least 4 members (excludes halogenated alkanes) is 2. The van der Waals surface area contributed by atoms with Gasteiger partial charge in [-0.1, -0.05) is 60.7 Å². The SMILES string of the molecule is CC(C)(C)OC(=O)CC[C@@H](C(N)=O)N1Cc2cc(-c3ccc(N)c(OCCCCCOc4ccc(C5c6ccc(O)cc6CCC5c5ccccc5)cc4)c3)ccc2C1=O. The largest absolute Gasteiger partial charge is 0.508 e. The van der Waals surface area contributed by atoms with Gasteiger partial charge in [0.15, 0.2) is 0 Å². The number of amides is 2. The molecule has 0 fully saturated rings. The minimum Gasteiger partial charge on any atom is -0.508 e. The minimum absolute atomic E-state index is 0.0332. The first-order chi connectivity index (χ1) is 28.8. The number of aromatic hydroxyl groups is 1. The molecule has 1 aliphatic heterocycles. The topological polar surface area (TPSA) is 154 Å². The van der Waals surface area contributed by atoms with Crippen LogP contribution in [0.3, 0.4) is 0 Å². The second-order valence-corrected chi connectivity index (χ2v) is 16.8. The Morgan fingerprint density at radius 1 is 0.817 bits per heavy atom. The molecule has 2 unspecified atom stereocenters. The molecule has 1 aliphatic carbocycles. The average molecular weight is 810 g/mol. The number of benzene rings is 5. The van der Waals surface area contributed by atoms with E-state index in [0.717, 1.165) is 54.5 Å². The minimum atomic E-state index is -0.937. The lowest BCUT2D eigenvalue weighted by atomic mass is 9.69. The molecule has 0 spiro atoms. The van der Waals surface area contributed by atoms with Crippen molar-refractivity contribution in [1.82, 2.24) is 4.90 Å². The highest BCUT2D eigenvalue weighted by Crippen LogP contribution is 2.47. The van der Waals surface area contributed by atoms with E-state index >= 15 is 0 Å². The van der Waals surface area contributed by atoms with Crippen LogP contribution in [0.2, 0.25) is 0 Å². The second-order valence-electron chi connectivity index (χ2n) is 16.8. The fraction of sp³-hybridized carbons (Fsp3) is 0.340. The van der Waals surface area contributed by atoms with Gasteiger partial charge in [0, 0.05) is 24.4 Å². The van der Waals surface area contributed by atoms with Crippen molar-refractivity contribution >= 4 is 23.5 Å². The monoisotopic (exact) mass is 809 g/mol. The summed E-state index contributed by atoms with van der Waals surface area (Å²) < 4.78 is 17.7. The Balaban J connectivity index is 0.892. The van der Waals surface area contributed by atoms with E-state index < -0.39 is 23.5 Å². The van der Waals surface area contributed by atoms with Gasteiger partial charge < -0.3 is 35.7 Å². The predicted molar refractivity (Wildman–Crippen MR) is 233 cm³/mol. The van der Waals surface area contributed by atoms with Crippen molar-refractivity contribution in [2.75, 3.05) is 18.9 Å². The van der Waals surface area contributed by atoms with Crippen LogP contribution in [0.1, 0.15) is 109 Å². The van der Waals surface area contributed by atoms with Crippen LogP contribution in [0.15, 0.2) is 109 Å². The summed E-state index contributed by atoms with van der Waals surface area (Å²) in [6.07, 6.45) is 4.63. The van der Waals surface area contributed by atoms with Crippen molar-refractivity contribution < 1.29 is 33.7 Å². The molecular weight excluding hydrogens is 755 g/mol. The smallest absolute Gasteiger partial charge is 0.306 e. The van der Waals surface area contributed by atoms with Crippen LogP contribution < -0.4 is 20.9 Å².